The van der Waals surface area contributed by atoms with Crippen molar-refractivity contribution in [3.05, 3.63) is 121 Å². The second-order valence-electron chi connectivity index (χ2n) is 9.15. The van der Waals surface area contributed by atoms with Crippen molar-refractivity contribution in [3.8, 4) is 34.2 Å². The quantitative estimate of drug-likeness (QED) is 0.319. The summed E-state index contributed by atoms with van der Waals surface area (Å²) in [6.45, 7) is 4.24. The van der Waals surface area contributed by atoms with E-state index in [1.165, 1.54) is 0 Å². The highest BCUT2D eigenvalue weighted by molar-refractivity contribution is 5.55. The predicted molar refractivity (Wildman–Crippen MR) is 141 cm³/mol. The molecule has 0 aliphatic heterocycles. The lowest BCUT2D eigenvalue weighted by atomic mass is 9.84. The van der Waals surface area contributed by atoms with Crippen LogP contribution in [0, 0.1) is 0 Å². The number of nitrogens with zero attached hydrogens (tertiary/aromatic N) is 8. The molecule has 6 rings (SSSR count). The Morgan fingerprint density at radius 1 is 0.486 bits per heavy atom. The second-order valence-corrected chi connectivity index (χ2v) is 9.15. The minimum atomic E-state index is -0.461. The van der Waals surface area contributed by atoms with Gasteiger partial charge in [0.25, 0.3) is 0 Å². The highest BCUT2D eigenvalue weighted by Gasteiger charge is 2.27. The van der Waals surface area contributed by atoms with Crippen molar-refractivity contribution in [2.45, 2.75) is 19.3 Å². The van der Waals surface area contributed by atoms with Crippen LogP contribution in [-0.4, -0.2) is 40.0 Å². The molecule has 4 aromatic heterocycles. The van der Waals surface area contributed by atoms with Gasteiger partial charge in [-0.05, 0) is 62.4 Å². The van der Waals surface area contributed by atoms with E-state index in [4.69, 9.17) is 9.97 Å². The molecule has 6 aromatic rings. The van der Waals surface area contributed by atoms with Gasteiger partial charge in [-0.1, -0.05) is 48.5 Å². The second kappa shape index (κ2) is 9.23. The van der Waals surface area contributed by atoms with Crippen molar-refractivity contribution in [1.29, 1.82) is 0 Å². The number of benzene rings is 2. The Kier molecular flexibility index (Phi) is 5.61. The van der Waals surface area contributed by atoms with Gasteiger partial charge in [0.15, 0.2) is 0 Å². The van der Waals surface area contributed by atoms with E-state index >= 15 is 0 Å². The van der Waals surface area contributed by atoms with Crippen LogP contribution in [0.5, 0.6) is 0 Å². The molecule has 37 heavy (non-hydrogen) atoms. The normalized spacial score (nSPS) is 11.5. The van der Waals surface area contributed by atoms with Gasteiger partial charge in [-0.2, -0.15) is 19.8 Å². The molecule has 0 saturated heterocycles. The van der Waals surface area contributed by atoms with Crippen LogP contribution in [-0.2, 0) is 5.41 Å². The van der Waals surface area contributed by atoms with Gasteiger partial charge in [-0.15, -0.1) is 10.2 Å². The van der Waals surface area contributed by atoms with E-state index in [0.717, 1.165) is 34.2 Å². The average Bonchev–Trinajstić information content (AvgIpc) is 3.65. The van der Waals surface area contributed by atoms with Crippen molar-refractivity contribution in [3.63, 3.8) is 0 Å². The topological polar surface area (TPSA) is 87.2 Å². The van der Waals surface area contributed by atoms with Gasteiger partial charge in [0, 0.05) is 5.41 Å². The number of pyridine rings is 2. The fraction of sp³-hybridized carbons (Fsp3) is 0.103. The molecule has 0 bridgehead atoms. The molecule has 0 N–H and O–H groups in total. The summed E-state index contributed by atoms with van der Waals surface area (Å²) >= 11 is 0. The molecule has 4 heterocycles. The predicted octanol–water partition coefficient (Wildman–Crippen LogP) is 5.30. The van der Waals surface area contributed by atoms with Crippen molar-refractivity contribution >= 4 is 0 Å². The molecule has 0 radical (unpaired) electrons. The fourth-order valence-corrected chi connectivity index (χ4v) is 4.11. The molecular weight excluding hydrogens is 460 g/mol. The lowest BCUT2D eigenvalue weighted by Crippen LogP contribution is -2.22. The van der Waals surface area contributed by atoms with E-state index in [-0.39, 0.29) is 0 Å². The number of para-hydroxylation sites is 2. The smallest absolute Gasteiger partial charge is 0.131 e. The third-order valence-corrected chi connectivity index (χ3v) is 6.26. The molecule has 0 atom stereocenters. The number of hydrogen-bond acceptors (Lipinski definition) is 6. The Hall–Kier alpha value is -4.98. The Labute approximate surface area is 214 Å². The zero-order valence-corrected chi connectivity index (χ0v) is 20.5. The molecule has 0 saturated carbocycles. The van der Waals surface area contributed by atoms with Crippen LogP contribution in [0.3, 0.4) is 0 Å². The summed E-state index contributed by atoms with van der Waals surface area (Å²) in [6.07, 6.45) is 3.47. The van der Waals surface area contributed by atoms with E-state index in [0.29, 0.717) is 11.4 Å². The summed E-state index contributed by atoms with van der Waals surface area (Å²) in [4.78, 5) is 13.1. The monoisotopic (exact) mass is 484 g/mol. The Bertz CT molecular complexity index is 1530. The van der Waals surface area contributed by atoms with Crippen LogP contribution in [0.15, 0.2) is 109 Å². The minimum absolute atomic E-state index is 0.461. The maximum atomic E-state index is 4.96. The van der Waals surface area contributed by atoms with Crippen molar-refractivity contribution < 1.29 is 0 Å². The highest BCUT2D eigenvalue weighted by Crippen LogP contribution is 2.31. The third-order valence-electron chi connectivity index (χ3n) is 6.26. The zero-order valence-electron chi connectivity index (χ0n) is 20.5. The molecule has 0 aliphatic rings. The Balaban J connectivity index is 1.30. The molecule has 0 amide bonds. The van der Waals surface area contributed by atoms with E-state index < -0.39 is 5.41 Å². The first-order valence-electron chi connectivity index (χ1n) is 12.0. The number of rotatable bonds is 6. The summed E-state index contributed by atoms with van der Waals surface area (Å²) in [6, 6.07) is 31.6. The molecule has 0 fully saturated rings. The van der Waals surface area contributed by atoms with Crippen LogP contribution in [0.1, 0.15) is 25.2 Å². The molecule has 180 valence electrons. The maximum Gasteiger partial charge on any atom is 0.131 e. The number of aromatic nitrogens is 8. The lowest BCUT2D eigenvalue weighted by Gasteiger charge is -2.24. The Morgan fingerprint density at radius 3 is 1.35 bits per heavy atom. The van der Waals surface area contributed by atoms with Crippen LogP contribution in [0.4, 0.5) is 0 Å². The molecule has 0 aliphatic carbocycles. The number of hydrogen-bond donors (Lipinski definition) is 0. The first-order chi connectivity index (χ1) is 18.1. The van der Waals surface area contributed by atoms with Gasteiger partial charge >= 0.3 is 0 Å². The molecular formula is C29H24N8. The molecule has 0 spiro atoms. The molecule has 0 unspecified atom stereocenters. The average molecular weight is 485 g/mol. The standard InChI is InChI=1S/C29H24N8/c1-29(2,27-17-9-15-23(32-27)25-19-30-36(34-25)21-11-5-3-6-12-21)28-18-10-16-24(33-28)26-20-31-37(35-26)22-13-7-4-8-14-22/h3-20H,1-2H3. The van der Waals surface area contributed by atoms with Gasteiger partial charge < -0.3 is 0 Å². The van der Waals surface area contributed by atoms with Crippen LogP contribution in [0.25, 0.3) is 34.2 Å². The van der Waals surface area contributed by atoms with Gasteiger partial charge in [-0.3, -0.25) is 9.97 Å². The SMILES string of the molecule is CC(C)(c1cccc(-c2cnn(-c3ccccc3)n2)n1)c1cccc(-c2cnn(-c3ccccc3)n2)n1. The third kappa shape index (κ3) is 4.40. The molecule has 8 nitrogen and oxygen atoms in total. The minimum Gasteiger partial charge on any atom is -0.250 e. The van der Waals surface area contributed by atoms with E-state index in [9.17, 15) is 0 Å². The summed E-state index contributed by atoms with van der Waals surface area (Å²) < 4.78 is 0. The molecule has 8 heteroatoms. The fourth-order valence-electron chi connectivity index (χ4n) is 4.11. The van der Waals surface area contributed by atoms with E-state index in [2.05, 4.69) is 34.2 Å². The zero-order chi connectivity index (χ0) is 25.2. The summed E-state index contributed by atoms with van der Waals surface area (Å²) in [5.41, 5.74) is 6.04. The van der Waals surface area contributed by atoms with E-state index in [1.54, 1.807) is 22.0 Å². The van der Waals surface area contributed by atoms with Crippen molar-refractivity contribution in [2.24, 2.45) is 0 Å². The van der Waals surface area contributed by atoms with Gasteiger partial charge in [0.2, 0.25) is 0 Å². The van der Waals surface area contributed by atoms with Crippen LogP contribution < -0.4 is 0 Å². The highest BCUT2D eigenvalue weighted by atomic mass is 15.5. The largest absolute Gasteiger partial charge is 0.250 e. The Morgan fingerprint density at radius 2 is 0.919 bits per heavy atom. The summed E-state index contributed by atoms with van der Waals surface area (Å²) in [5.74, 6) is 0. The van der Waals surface area contributed by atoms with Gasteiger partial charge in [0.05, 0.1) is 46.5 Å². The van der Waals surface area contributed by atoms with Crippen molar-refractivity contribution in [2.75, 3.05) is 0 Å². The maximum absolute atomic E-state index is 4.96. The van der Waals surface area contributed by atoms with Gasteiger partial charge in [-0.25, -0.2) is 0 Å². The summed E-state index contributed by atoms with van der Waals surface area (Å²) in [7, 11) is 0. The first kappa shape index (κ1) is 22.5. The van der Waals surface area contributed by atoms with Crippen LogP contribution in [0.2, 0.25) is 0 Å². The summed E-state index contributed by atoms with van der Waals surface area (Å²) in [5, 5.41) is 18.1. The molecule has 2 aromatic carbocycles. The van der Waals surface area contributed by atoms with E-state index in [1.807, 2.05) is 97.1 Å². The lowest BCUT2D eigenvalue weighted by molar-refractivity contribution is 0.596. The van der Waals surface area contributed by atoms with Crippen LogP contribution >= 0.6 is 0 Å². The van der Waals surface area contributed by atoms with Crippen molar-refractivity contribution in [1.82, 2.24) is 40.0 Å². The van der Waals surface area contributed by atoms with Gasteiger partial charge in [0.1, 0.15) is 11.4 Å². The first-order valence-corrected chi connectivity index (χ1v) is 12.0.